The number of carbonyl (C=O) groups excluding carboxylic acids is 1. The lowest BCUT2D eigenvalue weighted by Crippen LogP contribution is -2.20. The number of pyridine rings is 1. The van der Waals surface area contributed by atoms with Crippen LogP contribution in [0.2, 0.25) is 0 Å². The second-order valence-corrected chi connectivity index (χ2v) is 4.38. The van der Waals surface area contributed by atoms with Crippen molar-refractivity contribution in [3.05, 3.63) is 66.0 Å². The van der Waals surface area contributed by atoms with E-state index >= 15 is 0 Å². The summed E-state index contributed by atoms with van der Waals surface area (Å²) < 4.78 is 0. The van der Waals surface area contributed by atoms with E-state index in [4.69, 9.17) is 0 Å². The summed E-state index contributed by atoms with van der Waals surface area (Å²) in [4.78, 5) is 15.8. The maximum Gasteiger partial charge on any atom is 0.272 e. The van der Waals surface area contributed by atoms with Crippen LogP contribution in [0.25, 0.3) is 0 Å². The summed E-state index contributed by atoms with van der Waals surface area (Å²) >= 11 is 0. The highest BCUT2D eigenvalue weighted by molar-refractivity contribution is 5.95. The normalized spacial score (nSPS) is 11.2. The molecule has 0 spiro atoms. The molecule has 1 heterocycles. The molecule has 0 unspecified atom stereocenters. The number of nitrogens with one attached hydrogen (secondary N) is 1. The van der Waals surface area contributed by atoms with E-state index < -0.39 is 0 Å². The Hall–Kier alpha value is -2.49. The second-order valence-electron chi connectivity index (χ2n) is 4.38. The van der Waals surface area contributed by atoms with Crippen molar-refractivity contribution in [2.24, 2.45) is 5.10 Å². The summed E-state index contributed by atoms with van der Waals surface area (Å²) in [6, 6.07) is 13.5. The van der Waals surface area contributed by atoms with Gasteiger partial charge in [0.25, 0.3) is 5.91 Å². The Morgan fingerprint density at radius 2 is 2.00 bits per heavy atom. The molecule has 1 aromatic heterocycles. The van der Waals surface area contributed by atoms with Gasteiger partial charge in [0.2, 0.25) is 0 Å². The van der Waals surface area contributed by atoms with Crippen molar-refractivity contribution in [2.75, 3.05) is 0 Å². The van der Waals surface area contributed by atoms with Crippen LogP contribution in [0.5, 0.6) is 0 Å². The van der Waals surface area contributed by atoms with Gasteiger partial charge in [0.1, 0.15) is 0 Å². The molecule has 4 nitrogen and oxygen atoms in total. The first-order chi connectivity index (χ1) is 9.79. The fourth-order valence-electron chi connectivity index (χ4n) is 1.77. The summed E-state index contributed by atoms with van der Waals surface area (Å²) in [5.41, 5.74) is 5.21. The summed E-state index contributed by atoms with van der Waals surface area (Å²) in [5, 5.41) is 4.20. The summed E-state index contributed by atoms with van der Waals surface area (Å²) in [7, 11) is 0. The molecule has 0 saturated carbocycles. The lowest BCUT2D eigenvalue weighted by Gasteiger charge is -2.05. The summed E-state index contributed by atoms with van der Waals surface area (Å²) in [6.45, 7) is 2.03. The predicted molar refractivity (Wildman–Crippen MR) is 79.6 cm³/mol. The minimum absolute atomic E-state index is 0.239. The molecule has 0 radical (unpaired) electrons. The van der Waals surface area contributed by atoms with Crippen molar-refractivity contribution < 1.29 is 4.79 Å². The first-order valence-electron chi connectivity index (χ1n) is 6.59. The molecule has 0 saturated heterocycles. The molecule has 2 aromatic rings. The van der Waals surface area contributed by atoms with Crippen LogP contribution in [0.3, 0.4) is 0 Å². The number of carbonyl (C=O) groups is 1. The van der Waals surface area contributed by atoms with Crippen molar-refractivity contribution in [2.45, 2.75) is 19.8 Å². The van der Waals surface area contributed by atoms with Gasteiger partial charge in [-0.3, -0.25) is 9.78 Å². The lowest BCUT2D eigenvalue weighted by atomic mass is 10.1. The van der Waals surface area contributed by atoms with E-state index in [2.05, 4.69) is 15.5 Å². The highest BCUT2D eigenvalue weighted by atomic mass is 16.2. The standard InChI is InChI=1S/C16H17N3O/c1-2-15(11-13-7-4-3-5-8-13)18-19-16(20)14-9-6-10-17-12-14/h3-10,12H,2,11H2,1H3,(H,19,20)/b18-15+. The molecule has 0 aliphatic carbocycles. The van der Waals surface area contributed by atoms with Gasteiger partial charge in [-0.25, -0.2) is 5.43 Å². The van der Waals surface area contributed by atoms with Crippen LogP contribution in [0.1, 0.15) is 29.3 Å². The van der Waals surface area contributed by atoms with Crippen LogP contribution in [0, 0.1) is 0 Å². The quantitative estimate of drug-likeness (QED) is 0.669. The number of hydrogen-bond donors (Lipinski definition) is 1. The Balaban J connectivity index is 1.99. The molecule has 1 N–H and O–H groups in total. The van der Waals surface area contributed by atoms with Gasteiger partial charge in [0, 0.05) is 24.5 Å². The van der Waals surface area contributed by atoms with E-state index in [0.29, 0.717) is 5.56 Å². The molecular weight excluding hydrogens is 250 g/mol. The Kier molecular flexibility index (Phi) is 5.00. The number of hydrazone groups is 1. The number of aromatic nitrogens is 1. The molecule has 102 valence electrons. The molecule has 2 rings (SSSR count). The van der Waals surface area contributed by atoms with Gasteiger partial charge in [0.05, 0.1) is 5.56 Å². The minimum Gasteiger partial charge on any atom is -0.267 e. The monoisotopic (exact) mass is 267 g/mol. The molecule has 0 atom stereocenters. The lowest BCUT2D eigenvalue weighted by molar-refractivity contribution is 0.0954. The van der Waals surface area contributed by atoms with E-state index in [-0.39, 0.29) is 5.91 Å². The Morgan fingerprint density at radius 3 is 2.65 bits per heavy atom. The van der Waals surface area contributed by atoms with Gasteiger partial charge < -0.3 is 0 Å². The van der Waals surface area contributed by atoms with Crippen molar-refractivity contribution in [3.63, 3.8) is 0 Å². The second kappa shape index (κ2) is 7.19. The molecule has 0 aliphatic heterocycles. The van der Waals surface area contributed by atoms with E-state index in [9.17, 15) is 4.79 Å². The fraction of sp³-hybridized carbons (Fsp3) is 0.188. The molecule has 4 heteroatoms. The van der Waals surface area contributed by atoms with Crippen molar-refractivity contribution in [1.29, 1.82) is 0 Å². The average Bonchev–Trinajstić information content (AvgIpc) is 2.53. The zero-order chi connectivity index (χ0) is 14.2. The van der Waals surface area contributed by atoms with E-state index in [0.717, 1.165) is 18.6 Å². The maximum atomic E-state index is 11.9. The summed E-state index contributed by atoms with van der Waals surface area (Å²) in [6.07, 6.45) is 4.69. The average molecular weight is 267 g/mol. The first kappa shape index (κ1) is 13.9. The zero-order valence-corrected chi connectivity index (χ0v) is 11.4. The molecule has 0 aliphatic rings. The van der Waals surface area contributed by atoms with Gasteiger partial charge in [-0.15, -0.1) is 0 Å². The molecule has 20 heavy (non-hydrogen) atoms. The topological polar surface area (TPSA) is 54.4 Å². The highest BCUT2D eigenvalue weighted by Crippen LogP contribution is 2.03. The zero-order valence-electron chi connectivity index (χ0n) is 11.4. The van der Waals surface area contributed by atoms with Crippen LogP contribution >= 0.6 is 0 Å². The Bertz CT molecular complexity index is 579. The van der Waals surface area contributed by atoms with Gasteiger partial charge in [-0.2, -0.15) is 5.10 Å². The van der Waals surface area contributed by atoms with Crippen molar-refractivity contribution in [3.8, 4) is 0 Å². The van der Waals surface area contributed by atoms with Gasteiger partial charge >= 0.3 is 0 Å². The Morgan fingerprint density at radius 1 is 1.20 bits per heavy atom. The van der Waals surface area contributed by atoms with E-state index in [1.165, 1.54) is 11.8 Å². The predicted octanol–water partition coefficient (Wildman–Crippen LogP) is 2.82. The van der Waals surface area contributed by atoms with Crippen molar-refractivity contribution in [1.82, 2.24) is 10.4 Å². The maximum absolute atomic E-state index is 11.9. The fourth-order valence-corrected chi connectivity index (χ4v) is 1.77. The molecule has 1 aromatic carbocycles. The summed E-state index contributed by atoms with van der Waals surface area (Å²) in [5.74, 6) is -0.239. The number of hydrogen-bond acceptors (Lipinski definition) is 3. The van der Waals surface area contributed by atoms with Gasteiger partial charge in [-0.1, -0.05) is 37.3 Å². The number of amides is 1. The van der Waals surface area contributed by atoms with Gasteiger partial charge in [0.15, 0.2) is 0 Å². The SMILES string of the molecule is CC/C(Cc1ccccc1)=N\NC(=O)c1cccnc1. The largest absolute Gasteiger partial charge is 0.272 e. The molecular formula is C16H17N3O. The van der Waals surface area contributed by atoms with E-state index in [1.807, 2.05) is 37.3 Å². The minimum atomic E-state index is -0.239. The number of benzene rings is 1. The van der Waals surface area contributed by atoms with Crippen LogP contribution in [-0.2, 0) is 6.42 Å². The van der Waals surface area contributed by atoms with Crippen LogP contribution in [0.4, 0.5) is 0 Å². The number of nitrogens with zero attached hydrogens (tertiary/aromatic N) is 2. The molecule has 0 fully saturated rings. The van der Waals surface area contributed by atoms with Crippen LogP contribution in [0.15, 0.2) is 60.0 Å². The highest BCUT2D eigenvalue weighted by Gasteiger charge is 2.05. The third-order valence-corrected chi connectivity index (χ3v) is 2.90. The van der Waals surface area contributed by atoms with Crippen molar-refractivity contribution >= 4 is 11.6 Å². The van der Waals surface area contributed by atoms with Crippen LogP contribution in [-0.4, -0.2) is 16.6 Å². The van der Waals surface area contributed by atoms with Crippen LogP contribution < -0.4 is 5.43 Å². The Labute approximate surface area is 118 Å². The third kappa shape index (κ3) is 4.02. The smallest absolute Gasteiger partial charge is 0.267 e. The number of rotatable bonds is 5. The van der Waals surface area contributed by atoms with Gasteiger partial charge in [-0.05, 0) is 24.1 Å². The first-order valence-corrected chi connectivity index (χ1v) is 6.59. The van der Waals surface area contributed by atoms with E-state index in [1.54, 1.807) is 18.3 Å². The third-order valence-electron chi connectivity index (χ3n) is 2.90. The molecule has 0 bridgehead atoms. The molecule has 1 amide bonds.